The molecule has 0 saturated heterocycles. The molecular formula is C35H56OS. The number of hydrogen-bond donors (Lipinski definition) is 0. The van der Waals surface area contributed by atoms with Gasteiger partial charge in [-0.3, -0.25) is 4.79 Å². The van der Waals surface area contributed by atoms with Crippen molar-refractivity contribution in [2.75, 3.05) is 5.75 Å². The molecule has 0 radical (unpaired) electrons. The van der Waals surface area contributed by atoms with E-state index < -0.39 is 0 Å². The Bertz CT molecular complexity index is 832. The van der Waals surface area contributed by atoms with Gasteiger partial charge in [-0.25, -0.2) is 0 Å². The van der Waals surface area contributed by atoms with E-state index in [9.17, 15) is 4.79 Å². The number of carbonyl (C=O) groups is 1. The first-order chi connectivity index (χ1) is 18.0. The lowest BCUT2D eigenvalue weighted by Crippen LogP contribution is -2.50. The van der Waals surface area contributed by atoms with E-state index in [4.69, 9.17) is 0 Å². The lowest BCUT2D eigenvalue weighted by atomic mass is 9.48. The summed E-state index contributed by atoms with van der Waals surface area (Å²) in [4.78, 5) is 12.7. The minimum Gasteiger partial charge on any atom is -0.299 e. The van der Waals surface area contributed by atoms with Crippen LogP contribution >= 0.6 is 11.8 Å². The summed E-state index contributed by atoms with van der Waals surface area (Å²) in [6.07, 6.45) is 28.8. The SMILES string of the molecule is CCCCCCCCCCCCCC#CCS[C@H]1CC[C@@]2(C)C(=CC[C@@H]3[C@@H]2CC[C@]2(C)C(=O)CC[C@@H]32)C1. The average Bonchev–Trinajstić information content (AvgIpc) is 3.20. The molecular weight excluding hydrogens is 468 g/mol. The molecule has 208 valence electrons. The molecule has 0 bridgehead atoms. The largest absolute Gasteiger partial charge is 0.299 e. The van der Waals surface area contributed by atoms with Crippen LogP contribution in [0.3, 0.4) is 0 Å². The van der Waals surface area contributed by atoms with Gasteiger partial charge in [-0.15, -0.1) is 17.7 Å². The Labute approximate surface area is 234 Å². The zero-order valence-corrected chi connectivity index (χ0v) is 25.4. The number of allylic oxidation sites excluding steroid dienone is 2. The van der Waals surface area contributed by atoms with Gasteiger partial charge in [0.05, 0.1) is 5.75 Å². The van der Waals surface area contributed by atoms with E-state index in [-0.39, 0.29) is 5.41 Å². The van der Waals surface area contributed by atoms with Crippen LogP contribution in [0.15, 0.2) is 11.6 Å². The monoisotopic (exact) mass is 524 g/mol. The predicted molar refractivity (Wildman–Crippen MR) is 162 cm³/mol. The van der Waals surface area contributed by atoms with E-state index in [0.29, 0.717) is 17.1 Å². The van der Waals surface area contributed by atoms with Crippen LogP contribution in [0.25, 0.3) is 0 Å². The van der Waals surface area contributed by atoms with Gasteiger partial charge in [0, 0.05) is 23.5 Å². The third kappa shape index (κ3) is 7.10. The number of carbonyl (C=O) groups excluding carboxylic acids is 1. The van der Waals surface area contributed by atoms with Gasteiger partial charge in [-0.05, 0) is 74.5 Å². The number of ketones is 1. The number of unbranched alkanes of at least 4 members (excludes halogenated alkanes) is 11. The molecule has 0 aliphatic heterocycles. The van der Waals surface area contributed by atoms with Crippen molar-refractivity contribution in [3.63, 3.8) is 0 Å². The Morgan fingerprint density at radius 1 is 0.838 bits per heavy atom. The maximum absolute atomic E-state index is 12.7. The third-order valence-corrected chi connectivity index (χ3v) is 12.4. The molecule has 0 aromatic heterocycles. The fourth-order valence-electron chi connectivity index (χ4n) is 8.72. The zero-order chi connectivity index (χ0) is 26.1. The molecule has 0 spiro atoms. The maximum Gasteiger partial charge on any atom is 0.139 e. The van der Waals surface area contributed by atoms with E-state index in [2.05, 4.69) is 50.4 Å². The van der Waals surface area contributed by atoms with Gasteiger partial charge >= 0.3 is 0 Å². The average molecular weight is 525 g/mol. The zero-order valence-electron chi connectivity index (χ0n) is 24.6. The molecule has 2 heteroatoms. The maximum atomic E-state index is 12.7. The Hall–Kier alpha value is -0.680. The van der Waals surface area contributed by atoms with Crippen LogP contribution < -0.4 is 0 Å². The Balaban J connectivity index is 1.10. The molecule has 0 unspecified atom stereocenters. The van der Waals surface area contributed by atoms with Crippen molar-refractivity contribution in [3.8, 4) is 11.8 Å². The van der Waals surface area contributed by atoms with E-state index in [1.807, 2.05) is 0 Å². The van der Waals surface area contributed by atoms with Gasteiger partial charge in [0.15, 0.2) is 0 Å². The van der Waals surface area contributed by atoms with Crippen molar-refractivity contribution in [3.05, 3.63) is 11.6 Å². The second kappa shape index (κ2) is 14.1. The highest BCUT2D eigenvalue weighted by Gasteiger charge is 2.58. The number of Topliss-reactive ketones (excluding diaryl/α,β-unsaturated/α-hetero) is 1. The molecule has 1 nitrogen and oxygen atoms in total. The molecule has 0 aromatic rings. The summed E-state index contributed by atoms with van der Waals surface area (Å²) in [5.74, 6) is 10.8. The number of rotatable bonds is 13. The minimum absolute atomic E-state index is 0.00213. The molecule has 3 fully saturated rings. The van der Waals surface area contributed by atoms with Crippen LogP contribution in [0.4, 0.5) is 0 Å². The van der Waals surface area contributed by atoms with E-state index in [1.54, 1.807) is 5.57 Å². The van der Waals surface area contributed by atoms with E-state index >= 15 is 0 Å². The summed E-state index contributed by atoms with van der Waals surface area (Å²) in [5, 5.41) is 0.758. The molecule has 0 amide bonds. The van der Waals surface area contributed by atoms with Crippen LogP contribution in [0, 0.1) is 40.4 Å². The second-order valence-corrected chi connectivity index (χ2v) is 14.8. The van der Waals surface area contributed by atoms with Crippen molar-refractivity contribution in [1.82, 2.24) is 0 Å². The molecule has 37 heavy (non-hydrogen) atoms. The first kappa shape index (κ1) is 29.3. The Morgan fingerprint density at radius 3 is 2.22 bits per heavy atom. The van der Waals surface area contributed by atoms with Gasteiger partial charge in [-0.1, -0.05) is 103 Å². The Kier molecular flexibility index (Phi) is 11.2. The van der Waals surface area contributed by atoms with Crippen molar-refractivity contribution in [2.45, 2.75) is 154 Å². The molecule has 0 heterocycles. The summed E-state index contributed by atoms with van der Waals surface area (Å²) in [6, 6.07) is 0. The Morgan fingerprint density at radius 2 is 1.49 bits per heavy atom. The van der Waals surface area contributed by atoms with Crippen LogP contribution in [0.1, 0.15) is 149 Å². The summed E-state index contributed by atoms with van der Waals surface area (Å²) in [6.45, 7) is 7.18. The normalized spacial score (nSPS) is 34.7. The van der Waals surface area contributed by atoms with E-state index in [0.717, 1.165) is 48.5 Å². The quantitative estimate of drug-likeness (QED) is 0.135. The van der Waals surface area contributed by atoms with Gasteiger partial charge in [0.25, 0.3) is 0 Å². The molecule has 4 aliphatic rings. The number of hydrogen-bond acceptors (Lipinski definition) is 2. The number of fused-ring (bicyclic) bond motifs is 5. The van der Waals surface area contributed by atoms with Crippen LogP contribution in [-0.2, 0) is 4.79 Å². The molecule has 0 N–H and O–H groups in total. The van der Waals surface area contributed by atoms with Crippen molar-refractivity contribution >= 4 is 17.5 Å². The predicted octanol–water partition coefficient (Wildman–Crippen LogP) is 10.3. The van der Waals surface area contributed by atoms with Gasteiger partial charge < -0.3 is 0 Å². The topological polar surface area (TPSA) is 17.1 Å². The van der Waals surface area contributed by atoms with Gasteiger partial charge in [0.1, 0.15) is 5.78 Å². The lowest BCUT2D eigenvalue weighted by Gasteiger charge is -2.57. The summed E-state index contributed by atoms with van der Waals surface area (Å²) in [5.41, 5.74) is 2.16. The summed E-state index contributed by atoms with van der Waals surface area (Å²) >= 11 is 2.12. The van der Waals surface area contributed by atoms with Crippen LogP contribution in [0.2, 0.25) is 0 Å². The fraction of sp³-hybridized carbons (Fsp3) is 0.857. The highest BCUT2D eigenvalue weighted by molar-refractivity contribution is 8.00. The van der Waals surface area contributed by atoms with Crippen LogP contribution in [0.5, 0.6) is 0 Å². The van der Waals surface area contributed by atoms with Crippen molar-refractivity contribution in [2.24, 2.45) is 28.6 Å². The summed E-state index contributed by atoms with van der Waals surface area (Å²) < 4.78 is 0. The highest BCUT2D eigenvalue weighted by Crippen LogP contribution is 2.64. The van der Waals surface area contributed by atoms with Crippen LogP contribution in [-0.4, -0.2) is 16.8 Å². The molecule has 3 saturated carbocycles. The number of thioether (sulfide) groups is 1. The standard InChI is InChI=1S/C35H56OS/c1-4-5-6-7-8-9-10-11-12-13-14-15-16-17-26-37-29-22-24-34(2)28(27-29)18-19-30-31-20-21-33(36)35(31,3)25-23-32(30)34/h18,29-32H,4-15,19-27H2,1-3H3/t29-,30-,31-,32-,34-,35-/m0/s1. The smallest absolute Gasteiger partial charge is 0.139 e. The molecule has 4 rings (SSSR count). The first-order valence-electron chi connectivity index (χ1n) is 16.3. The van der Waals surface area contributed by atoms with Gasteiger partial charge in [0.2, 0.25) is 0 Å². The molecule has 0 aromatic carbocycles. The van der Waals surface area contributed by atoms with Crippen molar-refractivity contribution in [1.29, 1.82) is 0 Å². The molecule has 4 aliphatic carbocycles. The minimum atomic E-state index is 0.00213. The fourth-order valence-corrected chi connectivity index (χ4v) is 9.72. The first-order valence-corrected chi connectivity index (χ1v) is 17.3. The third-order valence-electron chi connectivity index (χ3n) is 11.2. The highest BCUT2D eigenvalue weighted by atomic mass is 32.2. The molecule has 6 atom stereocenters. The lowest BCUT2D eigenvalue weighted by molar-refractivity contribution is -0.131. The van der Waals surface area contributed by atoms with Crippen molar-refractivity contribution < 1.29 is 4.79 Å². The van der Waals surface area contributed by atoms with E-state index in [1.165, 1.54) is 103 Å². The second-order valence-electron chi connectivity index (χ2n) is 13.5. The van der Waals surface area contributed by atoms with Gasteiger partial charge in [-0.2, -0.15) is 0 Å². The summed E-state index contributed by atoms with van der Waals surface area (Å²) in [7, 11) is 0.